The van der Waals surface area contributed by atoms with E-state index in [2.05, 4.69) is 4.98 Å². The maximum atomic E-state index is 13.0. The number of aromatic nitrogens is 1. The highest BCUT2D eigenvalue weighted by Gasteiger charge is 2.29. The number of aliphatic carboxylic acids is 1. The largest absolute Gasteiger partial charge is 0.481 e. The zero-order chi connectivity index (χ0) is 18.0. The molecule has 1 fully saturated rings. The van der Waals surface area contributed by atoms with Crippen molar-refractivity contribution in [3.05, 3.63) is 51.2 Å². The fourth-order valence-corrected chi connectivity index (χ4v) is 4.04. The topological polar surface area (TPSA) is 70.5 Å². The minimum atomic E-state index is -0.789. The number of thiazole rings is 1. The molecule has 1 aliphatic heterocycles. The first-order chi connectivity index (χ1) is 11.9. The van der Waals surface area contributed by atoms with E-state index >= 15 is 0 Å². The lowest BCUT2D eigenvalue weighted by atomic mass is 9.97. The van der Waals surface area contributed by atoms with Gasteiger partial charge in [0.15, 0.2) is 0 Å². The number of hydrogen-bond donors (Lipinski definition) is 1. The molecule has 1 amide bonds. The molecule has 0 saturated carbocycles. The van der Waals surface area contributed by atoms with Crippen LogP contribution in [0.1, 0.15) is 38.8 Å². The number of carboxylic acid groups (broad SMARTS) is 1. The fourth-order valence-electron chi connectivity index (χ4n) is 2.98. The molecule has 1 N–H and O–H groups in total. The Hall–Kier alpha value is -2.28. The summed E-state index contributed by atoms with van der Waals surface area (Å²) < 4.78 is 13.0. The average Bonchev–Trinajstić information content (AvgIpc) is 2.96. The molecule has 5 nitrogen and oxygen atoms in total. The molecular formula is C18H19FN2O3S. The minimum absolute atomic E-state index is 0.0794. The number of halogens is 1. The van der Waals surface area contributed by atoms with Crippen LogP contribution in [0.15, 0.2) is 24.3 Å². The zero-order valence-electron chi connectivity index (χ0n) is 13.9. The Morgan fingerprint density at radius 2 is 1.92 bits per heavy atom. The van der Waals surface area contributed by atoms with Gasteiger partial charge in [-0.3, -0.25) is 9.59 Å². The first-order valence-corrected chi connectivity index (χ1v) is 8.98. The van der Waals surface area contributed by atoms with Gasteiger partial charge in [0.25, 0.3) is 5.91 Å². The number of carbonyl (C=O) groups is 2. The highest BCUT2D eigenvalue weighted by molar-refractivity contribution is 7.13. The van der Waals surface area contributed by atoms with Crippen molar-refractivity contribution in [2.75, 3.05) is 13.1 Å². The van der Waals surface area contributed by atoms with Crippen LogP contribution in [0.25, 0.3) is 0 Å². The van der Waals surface area contributed by atoms with Gasteiger partial charge < -0.3 is 10.0 Å². The number of rotatable bonds is 4. The highest BCUT2D eigenvalue weighted by Crippen LogP contribution is 2.25. The van der Waals surface area contributed by atoms with Crippen LogP contribution in [0.4, 0.5) is 4.39 Å². The molecule has 0 bridgehead atoms. The van der Waals surface area contributed by atoms with E-state index in [-0.39, 0.29) is 17.6 Å². The third-order valence-corrected chi connectivity index (χ3v) is 5.58. The Kier molecular flexibility index (Phi) is 5.13. The third kappa shape index (κ3) is 4.04. The van der Waals surface area contributed by atoms with Crippen molar-refractivity contribution in [1.29, 1.82) is 0 Å². The summed E-state index contributed by atoms with van der Waals surface area (Å²) in [5.41, 5.74) is 1.63. The Labute approximate surface area is 149 Å². The van der Waals surface area contributed by atoms with E-state index in [0.29, 0.717) is 42.9 Å². The van der Waals surface area contributed by atoms with Gasteiger partial charge in [-0.05, 0) is 37.5 Å². The average molecular weight is 362 g/mol. The Morgan fingerprint density at radius 3 is 2.52 bits per heavy atom. The van der Waals surface area contributed by atoms with E-state index < -0.39 is 5.97 Å². The number of piperidine rings is 1. The number of carboxylic acids is 1. The molecule has 0 aliphatic carbocycles. The van der Waals surface area contributed by atoms with E-state index in [1.54, 1.807) is 17.0 Å². The van der Waals surface area contributed by atoms with Crippen molar-refractivity contribution in [3.8, 4) is 0 Å². The lowest BCUT2D eigenvalue weighted by Gasteiger charge is -2.29. The first-order valence-electron chi connectivity index (χ1n) is 8.17. The van der Waals surface area contributed by atoms with Crippen LogP contribution in [0.5, 0.6) is 0 Å². The maximum absolute atomic E-state index is 13.0. The fraction of sp³-hybridized carbons (Fsp3) is 0.389. The van der Waals surface area contributed by atoms with Crippen molar-refractivity contribution >= 4 is 23.2 Å². The molecule has 0 spiro atoms. The molecule has 2 heterocycles. The molecule has 0 radical (unpaired) electrons. The van der Waals surface area contributed by atoms with E-state index in [9.17, 15) is 14.0 Å². The van der Waals surface area contributed by atoms with Crippen LogP contribution >= 0.6 is 11.3 Å². The quantitative estimate of drug-likeness (QED) is 0.907. The SMILES string of the molecule is Cc1nc(Cc2ccc(F)cc2)sc1C(=O)N1CCC(C(=O)O)CC1. The van der Waals surface area contributed by atoms with Gasteiger partial charge in [-0.2, -0.15) is 0 Å². The van der Waals surface area contributed by atoms with Crippen molar-refractivity contribution in [3.63, 3.8) is 0 Å². The molecule has 132 valence electrons. The van der Waals surface area contributed by atoms with Gasteiger partial charge in [-0.1, -0.05) is 12.1 Å². The number of aryl methyl sites for hydroxylation is 1. The number of hydrogen-bond acceptors (Lipinski definition) is 4. The van der Waals surface area contributed by atoms with E-state index in [1.807, 2.05) is 6.92 Å². The summed E-state index contributed by atoms with van der Waals surface area (Å²) in [6, 6.07) is 6.25. The second-order valence-corrected chi connectivity index (χ2v) is 7.31. The smallest absolute Gasteiger partial charge is 0.306 e. The maximum Gasteiger partial charge on any atom is 0.306 e. The van der Waals surface area contributed by atoms with E-state index in [1.165, 1.54) is 23.5 Å². The molecule has 1 aliphatic rings. The number of likely N-dealkylation sites (tertiary alicyclic amines) is 1. The van der Waals surface area contributed by atoms with Crippen LogP contribution in [-0.2, 0) is 11.2 Å². The monoisotopic (exact) mass is 362 g/mol. The van der Waals surface area contributed by atoms with Gasteiger partial charge in [-0.25, -0.2) is 9.37 Å². The van der Waals surface area contributed by atoms with Gasteiger partial charge in [0.05, 0.1) is 16.6 Å². The predicted octanol–water partition coefficient (Wildman–Crippen LogP) is 3.12. The molecule has 7 heteroatoms. The first kappa shape index (κ1) is 17.5. The van der Waals surface area contributed by atoms with Crippen LogP contribution in [-0.4, -0.2) is 40.0 Å². The highest BCUT2D eigenvalue weighted by atomic mass is 32.1. The molecular weight excluding hydrogens is 343 g/mol. The summed E-state index contributed by atoms with van der Waals surface area (Å²) in [6.07, 6.45) is 1.53. The molecule has 0 atom stereocenters. The van der Waals surface area contributed by atoms with Crippen molar-refractivity contribution in [2.45, 2.75) is 26.2 Å². The number of benzene rings is 1. The van der Waals surface area contributed by atoms with Crippen molar-refractivity contribution < 1.29 is 19.1 Å². The normalized spacial score (nSPS) is 15.4. The van der Waals surface area contributed by atoms with Crippen LogP contribution in [0, 0.1) is 18.7 Å². The van der Waals surface area contributed by atoms with Crippen molar-refractivity contribution in [2.24, 2.45) is 5.92 Å². The molecule has 2 aromatic rings. The molecule has 1 aromatic carbocycles. The van der Waals surface area contributed by atoms with Crippen LogP contribution in [0.3, 0.4) is 0 Å². The molecule has 1 saturated heterocycles. The number of carbonyl (C=O) groups excluding carboxylic acids is 1. The second-order valence-electron chi connectivity index (χ2n) is 6.23. The summed E-state index contributed by atoms with van der Waals surface area (Å²) in [5.74, 6) is -1.51. The van der Waals surface area contributed by atoms with Crippen molar-refractivity contribution in [1.82, 2.24) is 9.88 Å². The van der Waals surface area contributed by atoms with E-state index in [4.69, 9.17) is 5.11 Å². The van der Waals surface area contributed by atoms with Gasteiger partial charge in [-0.15, -0.1) is 11.3 Å². The van der Waals surface area contributed by atoms with Crippen LogP contribution in [0.2, 0.25) is 0 Å². The van der Waals surface area contributed by atoms with Gasteiger partial charge in [0.1, 0.15) is 10.7 Å². The zero-order valence-corrected chi connectivity index (χ0v) is 14.7. The third-order valence-electron chi connectivity index (χ3n) is 4.44. The summed E-state index contributed by atoms with van der Waals surface area (Å²) in [4.78, 5) is 30.5. The summed E-state index contributed by atoms with van der Waals surface area (Å²) in [7, 11) is 0. The Morgan fingerprint density at radius 1 is 1.28 bits per heavy atom. The minimum Gasteiger partial charge on any atom is -0.481 e. The molecule has 25 heavy (non-hydrogen) atoms. The predicted molar refractivity (Wildman–Crippen MR) is 92.3 cm³/mol. The Balaban J connectivity index is 1.68. The number of nitrogens with zero attached hydrogens (tertiary/aromatic N) is 2. The summed E-state index contributed by atoms with van der Waals surface area (Å²) in [6.45, 7) is 2.72. The molecule has 3 rings (SSSR count). The van der Waals surface area contributed by atoms with Gasteiger partial charge >= 0.3 is 5.97 Å². The summed E-state index contributed by atoms with van der Waals surface area (Å²) in [5, 5.41) is 9.86. The van der Waals surface area contributed by atoms with Gasteiger partial charge in [0.2, 0.25) is 0 Å². The van der Waals surface area contributed by atoms with Gasteiger partial charge in [0, 0.05) is 19.5 Å². The standard InChI is InChI=1S/C18H19FN2O3S/c1-11-16(17(22)21-8-6-13(7-9-21)18(23)24)25-15(20-11)10-12-2-4-14(19)5-3-12/h2-5,13H,6-10H2,1H3,(H,23,24). The lowest BCUT2D eigenvalue weighted by Crippen LogP contribution is -2.40. The Bertz CT molecular complexity index is 780. The molecule has 0 unspecified atom stereocenters. The van der Waals surface area contributed by atoms with E-state index in [0.717, 1.165) is 10.6 Å². The lowest BCUT2D eigenvalue weighted by molar-refractivity contribution is -0.143. The number of amides is 1. The molecule has 1 aromatic heterocycles. The second kappa shape index (κ2) is 7.31. The summed E-state index contributed by atoms with van der Waals surface area (Å²) >= 11 is 1.35. The van der Waals surface area contributed by atoms with Crippen LogP contribution < -0.4 is 0 Å².